The number of rotatable bonds is 7. The van der Waals surface area contributed by atoms with Crippen molar-refractivity contribution in [2.45, 2.75) is 31.4 Å². The Balaban J connectivity index is 1.47. The van der Waals surface area contributed by atoms with Crippen molar-refractivity contribution in [3.63, 3.8) is 0 Å². The molecular formula is C22H28N2O3S. The van der Waals surface area contributed by atoms with E-state index >= 15 is 0 Å². The van der Waals surface area contributed by atoms with Gasteiger partial charge in [0.25, 0.3) is 0 Å². The van der Waals surface area contributed by atoms with Gasteiger partial charge >= 0.3 is 0 Å². The largest absolute Gasteiger partial charge is 0.355 e. The Morgan fingerprint density at radius 1 is 1.04 bits per heavy atom. The van der Waals surface area contributed by atoms with E-state index in [2.05, 4.69) is 24.4 Å². The molecule has 0 aliphatic carbocycles. The highest BCUT2D eigenvalue weighted by Crippen LogP contribution is 2.22. The van der Waals surface area contributed by atoms with E-state index in [9.17, 15) is 13.2 Å². The van der Waals surface area contributed by atoms with Crippen molar-refractivity contribution >= 4 is 15.9 Å². The smallest absolute Gasteiger partial charge is 0.223 e. The van der Waals surface area contributed by atoms with E-state index in [1.165, 1.54) is 9.87 Å². The third-order valence-electron chi connectivity index (χ3n) is 5.36. The molecule has 1 aliphatic heterocycles. The highest BCUT2D eigenvalue weighted by atomic mass is 32.2. The minimum absolute atomic E-state index is 0.0132. The summed E-state index contributed by atoms with van der Waals surface area (Å²) < 4.78 is 26.8. The predicted octanol–water partition coefficient (Wildman–Crippen LogP) is 3.15. The molecule has 0 bridgehead atoms. The second-order valence-electron chi connectivity index (χ2n) is 7.47. The Labute approximate surface area is 167 Å². The van der Waals surface area contributed by atoms with E-state index in [4.69, 9.17) is 0 Å². The summed E-state index contributed by atoms with van der Waals surface area (Å²) in [5.74, 6) is 0.171. The standard InChI is InChI=1S/C22H28N2O3S/c1-18(20-10-6-3-7-11-20)16-23-22(25)21-12-14-24(15-13-21)28(26,27)17-19-8-4-2-5-9-19/h2-11,18,21H,12-17H2,1H3,(H,23,25). The van der Waals surface area contributed by atoms with Crippen LogP contribution in [0.5, 0.6) is 0 Å². The average Bonchev–Trinajstić information content (AvgIpc) is 2.73. The average molecular weight is 401 g/mol. The molecule has 150 valence electrons. The highest BCUT2D eigenvalue weighted by molar-refractivity contribution is 7.88. The highest BCUT2D eigenvalue weighted by Gasteiger charge is 2.31. The summed E-state index contributed by atoms with van der Waals surface area (Å²) >= 11 is 0. The lowest BCUT2D eigenvalue weighted by molar-refractivity contribution is -0.126. The minimum atomic E-state index is -3.35. The predicted molar refractivity (Wildman–Crippen MR) is 111 cm³/mol. The van der Waals surface area contributed by atoms with E-state index < -0.39 is 10.0 Å². The summed E-state index contributed by atoms with van der Waals surface area (Å²) in [6.45, 7) is 3.49. The molecule has 1 amide bonds. The van der Waals surface area contributed by atoms with Gasteiger partial charge in [0, 0.05) is 25.6 Å². The molecule has 2 aromatic carbocycles. The number of benzene rings is 2. The van der Waals surface area contributed by atoms with Gasteiger partial charge in [0.2, 0.25) is 15.9 Å². The van der Waals surface area contributed by atoms with Gasteiger partial charge in [0.15, 0.2) is 0 Å². The van der Waals surface area contributed by atoms with E-state index in [-0.39, 0.29) is 23.5 Å². The Kier molecular flexibility index (Phi) is 6.86. The maximum absolute atomic E-state index is 12.6. The first-order valence-corrected chi connectivity index (χ1v) is 11.4. The lowest BCUT2D eigenvalue weighted by Crippen LogP contribution is -2.43. The van der Waals surface area contributed by atoms with Gasteiger partial charge in [-0.15, -0.1) is 0 Å². The molecule has 6 heteroatoms. The van der Waals surface area contributed by atoms with Crippen LogP contribution in [0.15, 0.2) is 60.7 Å². The zero-order valence-electron chi connectivity index (χ0n) is 16.3. The van der Waals surface area contributed by atoms with E-state index in [1.807, 2.05) is 48.5 Å². The zero-order valence-corrected chi connectivity index (χ0v) is 17.1. The number of piperidine rings is 1. The molecule has 1 aliphatic rings. The molecular weight excluding hydrogens is 372 g/mol. The first-order chi connectivity index (χ1) is 13.5. The molecule has 1 unspecified atom stereocenters. The minimum Gasteiger partial charge on any atom is -0.355 e. The van der Waals surface area contributed by atoms with Crippen LogP contribution >= 0.6 is 0 Å². The van der Waals surface area contributed by atoms with Gasteiger partial charge in [-0.25, -0.2) is 12.7 Å². The van der Waals surface area contributed by atoms with Crippen LogP contribution in [0.2, 0.25) is 0 Å². The van der Waals surface area contributed by atoms with Crippen molar-refractivity contribution in [3.05, 3.63) is 71.8 Å². The fraction of sp³-hybridized carbons (Fsp3) is 0.409. The molecule has 1 heterocycles. The van der Waals surface area contributed by atoms with Crippen molar-refractivity contribution in [2.24, 2.45) is 5.92 Å². The van der Waals surface area contributed by atoms with Gasteiger partial charge in [-0.1, -0.05) is 67.6 Å². The third kappa shape index (κ3) is 5.42. The molecule has 5 nitrogen and oxygen atoms in total. The van der Waals surface area contributed by atoms with Crippen LogP contribution in [-0.4, -0.2) is 38.3 Å². The Hall–Kier alpha value is -2.18. The lowest BCUT2D eigenvalue weighted by Gasteiger charge is -2.30. The summed E-state index contributed by atoms with van der Waals surface area (Å²) in [4.78, 5) is 12.5. The molecule has 1 atom stereocenters. The Morgan fingerprint density at radius 2 is 1.61 bits per heavy atom. The number of hydrogen-bond donors (Lipinski definition) is 1. The second-order valence-corrected chi connectivity index (χ2v) is 9.44. The van der Waals surface area contributed by atoms with Crippen LogP contribution in [0.25, 0.3) is 0 Å². The van der Waals surface area contributed by atoms with Crippen molar-refractivity contribution in [1.82, 2.24) is 9.62 Å². The maximum atomic E-state index is 12.6. The van der Waals surface area contributed by atoms with E-state index in [0.717, 1.165) is 5.56 Å². The van der Waals surface area contributed by atoms with Crippen LogP contribution in [0, 0.1) is 5.92 Å². The van der Waals surface area contributed by atoms with Crippen LogP contribution < -0.4 is 5.32 Å². The van der Waals surface area contributed by atoms with Gasteiger partial charge in [0.1, 0.15) is 0 Å². The van der Waals surface area contributed by atoms with Gasteiger partial charge in [-0.3, -0.25) is 4.79 Å². The maximum Gasteiger partial charge on any atom is 0.223 e. The molecule has 28 heavy (non-hydrogen) atoms. The molecule has 1 N–H and O–H groups in total. The first kappa shape index (κ1) is 20.6. The summed E-state index contributed by atoms with van der Waals surface area (Å²) in [5, 5.41) is 3.04. The summed E-state index contributed by atoms with van der Waals surface area (Å²) in [6.07, 6.45) is 1.14. The van der Waals surface area contributed by atoms with Crippen LogP contribution in [-0.2, 0) is 20.6 Å². The lowest BCUT2D eigenvalue weighted by atomic mass is 9.96. The number of sulfonamides is 1. The normalized spacial score (nSPS) is 17.2. The molecule has 0 saturated carbocycles. The number of carbonyl (C=O) groups is 1. The van der Waals surface area contributed by atoms with Crippen molar-refractivity contribution in [1.29, 1.82) is 0 Å². The zero-order chi connectivity index (χ0) is 20.0. The van der Waals surface area contributed by atoms with Crippen LogP contribution in [0.3, 0.4) is 0 Å². The molecule has 0 radical (unpaired) electrons. The number of carbonyl (C=O) groups excluding carboxylic acids is 1. The Bertz CT molecular complexity index is 861. The molecule has 2 aromatic rings. The fourth-order valence-electron chi connectivity index (χ4n) is 3.57. The third-order valence-corrected chi connectivity index (χ3v) is 7.21. The summed E-state index contributed by atoms with van der Waals surface area (Å²) in [5.41, 5.74) is 1.99. The number of amides is 1. The van der Waals surface area contributed by atoms with E-state index in [1.54, 1.807) is 0 Å². The van der Waals surface area contributed by atoms with Crippen LogP contribution in [0.1, 0.15) is 36.8 Å². The van der Waals surface area contributed by atoms with E-state index in [0.29, 0.717) is 32.5 Å². The van der Waals surface area contributed by atoms with Gasteiger partial charge in [-0.05, 0) is 29.9 Å². The van der Waals surface area contributed by atoms with Crippen molar-refractivity contribution in [3.8, 4) is 0 Å². The summed E-state index contributed by atoms with van der Waals surface area (Å²) in [7, 11) is -3.35. The summed E-state index contributed by atoms with van der Waals surface area (Å²) in [6, 6.07) is 19.3. The monoisotopic (exact) mass is 400 g/mol. The van der Waals surface area contributed by atoms with Crippen molar-refractivity contribution in [2.75, 3.05) is 19.6 Å². The van der Waals surface area contributed by atoms with Gasteiger partial charge in [0.05, 0.1) is 5.75 Å². The number of nitrogens with zero attached hydrogens (tertiary/aromatic N) is 1. The molecule has 0 spiro atoms. The quantitative estimate of drug-likeness (QED) is 0.776. The Morgan fingerprint density at radius 3 is 2.21 bits per heavy atom. The molecule has 1 saturated heterocycles. The fourth-order valence-corrected chi connectivity index (χ4v) is 5.13. The first-order valence-electron chi connectivity index (χ1n) is 9.80. The molecule has 3 rings (SSSR count). The van der Waals surface area contributed by atoms with Gasteiger partial charge in [-0.2, -0.15) is 0 Å². The van der Waals surface area contributed by atoms with Gasteiger partial charge < -0.3 is 5.32 Å². The van der Waals surface area contributed by atoms with Crippen LogP contribution in [0.4, 0.5) is 0 Å². The number of hydrogen-bond acceptors (Lipinski definition) is 3. The number of nitrogens with one attached hydrogen (secondary N) is 1. The van der Waals surface area contributed by atoms with Crippen molar-refractivity contribution < 1.29 is 13.2 Å². The topological polar surface area (TPSA) is 66.5 Å². The molecule has 1 fully saturated rings. The second kappa shape index (κ2) is 9.34. The molecule has 0 aromatic heterocycles. The SMILES string of the molecule is CC(CNC(=O)C1CCN(S(=O)(=O)Cc2ccccc2)CC1)c1ccccc1.